The first-order chi connectivity index (χ1) is 9.52. The van der Waals surface area contributed by atoms with Crippen LogP contribution in [0.4, 0.5) is 0 Å². The number of aldehydes is 1. The van der Waals surface area contributed by atoms with Gasteiger partial charge in [0.05, 0.1) is 16.9 Å². The van der Waals surface area contributed by atoms with Gasteiger partial charge in [0.1, 0.15) is 5.69 Å². The van der Waals surface area contributed by atoms with Crippen molar-refractivity contribution in [2.45, 2.75) is 20.3 Å². The molecule has 0 fully saturated rings. The highest BCUT2D eigenvalue weighted by Crippen LogP contribution is 2.17. The van der Waals surface area contributed by atoms with E-state index >= 15 is 0 Å². The minimum Gasteiger partial charge on any atom is -0.478 e. The minimum absolute atomic E-state index is 0.168. The van der Waals surface area contributed by atoms with Gasteiger partial charge in [-0.25, -0.2) is 9.48 Å². The Morgan fingerprint density at radius 2 is 2.20 bits per heavy atom. The molecule has 6 nitrogen and oxygen atoms in total. The summed E-state index contributed by atoms with van der Waals surface area (Å²) in [5, 5.41) is 16.8. The molecule has 0 saturated heterocycles. The lowest BCUT2D eigenvalue weighted by Crippen LogP contribution is -2.08. The van der Waals surface area contributed by atoms with Crippen molar-refractivity contribution in [1.82, 2.24) is 15.0 Å². The van der Waals surface area contributed by atoms with Crippen molar-refractivity contribution in [3.05, 3.63) is 41.2 Å². The molecule has 2 rings (SSSR count). The first-order valence-electron chi connectivity index (χ1n) is 6.26. The Labute approximate surface area is 116 Å². The van der Waals surface area contributed by atoms with Crippen LogP contribution in [0, 0.1) is 5.92 Å². The fraction of sp³-hybridized carbons (Fsp3) is 0.286. The van der Waals surface area contributed by atoms with E-state index in [0.29, 0.717) is 35.7 Å². The third-order valence-corrected chi connectivity index (χ3v) is 2.84. The van der Waals surface area contributed by atoms with Gasteiger partial charge in [-0.15, -0.1) is 5.10 Å². The van der Waals surface area contributed by atoms with Crippen molar-refractivity contribution in [1.29, 1.82) is 0 Å². The maximum atomic E-state index is 11.0. The first kappa shape index (κ1) is 13.9. The SMILES string of the molecule is CC(C)Cc1c(C=O)nnn1-c1cccc(C(=O)O)c1. The van der Waals surface area contributed by atoms with Crippen molar-refractivity contribution < 1.29 is 14.7 Å². The van der Waals surface area contributed by atoms with Gasteiger partial charge in [-0.1, -0.05) is 25.1 Å². The molecule has 0 aliphatic rings. The molecule has 1 aromatic carbocycles. The molecule has 6 heteroatoms. The van der Waals surface area contributed by atoms with Crippen molar-refractivity contribution in [2.24, 2.45) is 5.92 Å². The number of nitrogens with zero attached hydrogens (tertiary/aromatic N) is 3. The normalized spacial score (nSPS) is 10.8. The second-order valence-corrected chi connectivity index (χ2v) is 4.90. The molecule has 1 heterocycles. The van der Waals surface area contributed by atoms with E-state index in [2.05, 4.69) is 10.3 Å². The van der Waals surface area contributed by atoms with E-state index in [9.17, 15) is 9.59 Å². The van der Waals surface area contributed by atoms with Crippen LogP contribution in [0.1, 0.15) is 40.4 Å². The predicted octanol–water partition coefficient (Wildman–Crippen LogP) is 1.98. The van der Waals surface area contributed by atoms with E-state index in [1.807, 2.05) is 13.8 Å². The van der Waals surface area contributed by atoms with Crippen LogP contribution >= 0.6 is 0 Å². The number of hydrogen-bond donors (Lipinski definition) is 1. The summed E-state index contributed by atoms with van der Waals surface area (Å²) in [6.07, 6.45) is 1.31. The molecule has 0 radical (unpaired) electrons. The van der Waals surface area contributed by atoms with Crippen LogP contribution in [-0.2, 0) is 6.42 Å². The second kappa shape index (κ2) is 5.64. The summed E-state index contributed by atoms with van der Waals surface area (Å²) in [4.78, 5) is 22.0. The van der Waals surface area contributed by atoms with Crippen molar-refractivity contribution >= 4 is 12.3 Å². The first-order valence-corrected chi connectivity index (χ1v) is 6.26. The maximum Gasteiger partial charge on any atom is 0.335 e. The number of carbonyl (C=O) groups excluding carboxylic acids is 1. The minimum atomic E-state index is -1.01. The summed E-state index contributed by atoms with van der Waals surface area (Å²) in [5.41, 5.74) is 1.74. The number of aromatic nitrogens is 3. The molecular formula is C14H15N3O3. The number of rotatable bonds is 5. The molecule has 0 atom stereocenters. The van der Waals surface area contributed by atoms with Gasteiger partial charge in [0, 0.05) is 0 Å². The van der Waals surface area contributed by atoms with E-state index in [4.69, 9.17) is 5.11 Å². The van der Waals surface area contributed by atoms with Gasteiger partial charge in [0.2, 0.25) is 0 Å². The Morgan fingerprint density at radius 1 is 1.45 bits per heavy atom. The molecule has 104 valence electrons. The molecule has 0 saturated carbocycles. The summed E-state index contributed by atoms with van der Waals surface area (Å²) < 4.78 is 1.52. The lowest BCUT2D eigenvalue weighted by Gasteiger charge is -2.09. The Morgan fingerprint density at radius 3 is 2.80 bits per heavy atom. The predicted molar refractivity (Wildman–Crippen MR) is 72.2 cm³/mol. The third-order valence-electron chi connectivity index (χ3n) is 2.84. The van der Waals surface area contributed by atoms with E-state index in [0.717, 1.165) is 0 Å². The van der Waals surface area contributed by atoms with E-state index < -0.39 is 5.97 Å². The summed E-state index contributed by atoms with van der Waals surface area (Å²) in [7, 11) is 0. The standard InChI is InChI=1S/C14H15N3O3/c1-9(2)6-13-12(8-18)15-16-17(13)11-5-3-4-10(7-11)14(19)20/h3-5,7-9H,6H2,1-2H3,(H,19,20). The summed E-state index contributed by atoms with van der Waals surface area (Å²) in [6, 6.07) is 6.39. The highest BCUT2D eigenvalue weighted by Gasteiger charge is 2.16. The van der Waals surface area contributed by atoms with Crippen LogP contribution in [0.25, 0.3) is 5.69 Å². The average Bonchev–Trinajstić information content (AvgIpc) is 2.81. The van der Waals surface area contributed by atoms with Gasteiger partial charge in [-0.3, -0.25) is 4.79 Å². The van der Waals surface area contributed by atoms with Crippen molar-refractivity contribution in [3.8, 4) is 5.69 Å². The number of benzene rings is 1. The molecule has 1 N–H and O–H groups in total. The summed E-state index contributed by atoms with van der Waals surface area (Å²) >= 11 is 0. The van der Waals surface area contributed by atoms with Crippen LogP contribution < -0.4 is 0 Å². The molecule has 0 bridgehead atoms. The molecule has 0 aliphatic carbocycles. The Bertz CT molecular complexity index is 647. The number of carboxylic acid groups (broad SMARTS) is 1. The average molecular weight is 273 g/mol. The van der Waals surface area contributed by atoms with Crippen LogP contribution in [0.2, 0.25) is 0 Å². The molecule has 0 spiro atoms. The second-order valence-electron chi connectivity index (χ2n) is 4.90. The van der Waals surface area contributed by atoms with Gasteiger partial charge in [0.15, 0.2) is 6.29 Å². The van der Waals surface area contributed by atoms with Gasteiger partial charge in [0.25, 0.3) is 0 Å². The van der Waals surface area contributed by atoms with Crippen molar-refractivity contribution in [2.75, 3.05) is 0 Å². The largest absolute Gasteiger partial charge is 0.478 e. The zero-order chi connectivity index (χ0) is 14.7. The lowest BCUT2D eigenvalue weighted by atomic mass is 10.1. The summed E-state index contributed by atoms with van der Waals surface area (Å²) in [6.45, 7) is 4.05. The fourth-order valence-corrected chi connectivity index (χ4v) is 1.96. The molecule has 0 unspecified atom stereocenters. The molecule has 1 aromatic heterocycles. The molecule has 2 aromatic rings. The highest BCUT2D eigenvalue weighted by atomic mass is 16.4. The number of aromatic carboxylic acids is 1. The van der Waals surface area contributed by atoms with Gasteiger partial charge >= 0.3 is 5.97 Å². The molecule has 0 amide bonds. The Kier molecular flexibility index (Phi) is 3.93. The van der Waals surface area contributed by atoms with E-state index in [1.165, 1.54) is 16.8 Å². The molecular weight excluding hydrogens is 258 g/mol. The smallest absolute Gasteiger partial charge is 0.335 e. The summed E-state index contributed by atoms with van der Waals surface area (Å²) in [5.74, 6) is -0.679. The number of carboxylic acids is 1. The topological polar surface area (TPSA) is 85.1 Å². The van der Waals surface area contributed by atoms with Crippen LogP contribution in [0.3, 0.4) is 0 Å². The van der Waals surface area contributed by atoms with Gasteiger partial charge < -0.3 is 5.11 Å². The molecule has 0 aliphatic heterocycles. The number of hydrogen-bond acceptors (Lipinski definition) is 4. The molecule has 20 heavy (non-hydrogen) atoms. The van der Waals surface area contributed by atoms with E-state index in [1.54, 1.807) is 12.1 Å². The highest BCUT2D eigenvalue weighted by molar-refractivity contribution is 5.88. The Balaban J connectivity index is 2.52. The Hall–Kier alpha value is -2.50. The quantitative estimate of drug-likeness (QED) is 0.842. The third kappa shape index (κ3) is 2.74. The van der Waals surface area contributed by atoms with Crippen molar-refractivity contribution in [3.63, 3.8) is 0 Å². The van der Waals surface area contributed by atoms with Crippen LogP contribution in [-0.4, -0.2) is 32.4 Å². The van der Waals surface area contributed by atoms with Gasteiger partial charge in [-0.05, 0) is 30.5 Å². The lowest BCUT2D eigenvalue weighted by molar-refractivity contribution is 0.0696. The fourth-order valence-electron chi connectivity index (χ4n) is 1.96. The maximum absolute atomic E-state index is 11.0. The van der Waals surface area contributed by atoms with E-state index in [-0.39, 0.29) is 5.56 Å². The van der Waals surface area contributed by atoms with Crippen LogP contribution in [0.15, 0.2) is 24.3 Å². The monoisotopic (exact) mass is 273 g/mol. The van der Waals surface area contributed by atoms with Gasteiger partial charge in [-0.2, -0.15) is 0 Å². The zero-order valence-electron chi connectivity index (χ0n) is 11.3. The van der Waals surface area contributed by atoms with Crippen LogP contribution in [0.5, 0.6) is 0 Å². The zero-order valence-corrected chi connectivity index (χ0v) is 11.3. The number of carbonyl (C=O) groups is 2.